The van der Waals surface area contributed by atoms with Gasteiger partial charge in [-0.3, -0.25) is 9.78 Å². The average Bonchev–Trinajstić information content (AvgIpc) is 2.39. The van der Waals surface area contributed by atoms with Gasteiger partial charge in [-0.2, -0.15) is 0 Å². The van der Waals surface area contributed by atoms with Crippen molar-refractivity contribution in [2.75, 3.05) is 20.3 Å². The van der Waals surface area contributed by atoms with Crippen LogP contribution >= 0.6 is 11.6 Å². The lowest BCUT2D eigenvalue weighted by Gasteiger charge is -2.31. The Labute approximate surface area is 110 Å². The number of nitrogens with zero attached hydrogens (tertiary/aromatic N) is 1. The van der Waals surface area contributed by atoms with Gasteiger partial charge in [0.25, 0.3) is 5.91 Å². The monoisotopic (exact) mass is 270 g/mol. The van der Waals surface area contributed by atoms with Gasteiger partial charge >= 0.3 is 0 Å². The smallest absolute Gasteiger partial charge is 0.253 e. The predicted octanol–water partition coefficient (Wildman–Crippen LogP) is 1.27. The molecular weight excluding hydrogens is 256 g/mol. The van der Waals surface area contributed by atoms with Crippen LogP contribution in [0.1, 0.15) is 16.8 Å². The Balaban J connectivity index is 2.04. The van der Waals surface area contributed by atoms with E-state index >= 15 is 0 Å². The minimum atomic E-state index is -0.236. The van der Waals surface area contributed by atoms with Gasteiger partial charge in [0.2, 0.25) is 0 Å². The number of carbonyl (C=O) groups is 1. The molecular formula is C12H15ClN2O3. The fraction of sp³-hybridized carbons (Fsp3) is 0.500. The molecule has 6 heteroatoms. The second-order valence-electron chi connectivity index (χ2n) is 4.07. The Hall–Kier alpha value is -1.17. The molecule has 1 aromatic heterocycles. The Morgan fingerprint density at radius 3 is 3.22 bits per heavy atom. The van der Waals surface area contributed by atoms with Crippen molar-refractivity contribution in [3.8, 4) is 0 Å². The van der Waals surface area contributed by atoms with Crippen LogP contribution in [0.5, 0.6) is 0 Å². The van der Waals surface area contributed by atoms with Crippen molar-refractivity contribution in [2.24, 2.45) is 0 Å². The number of hydrogen-bond donors (Lipinski definition) is 1. The van der Waals surface area contributed by atoms with Crippen molar-refractivity contribution < 1.29 is 14.3 Å². The van der Waals surface area contributed by atoms with E-state index in [1.165, 1.54) is 12.4 Å². The lowest BCUT2D eigenvalue weighted by molar-refractivity contribution is -0.0349. The number of rotatable bonds is 3. The van der Waals surface area contributed by atoms with Crippen molar-refractivity contribution in [3.05, 3.63) is 29.0 Å². The fourth-order valence-corrected chi connectivity index (χ4v) is 2.15. The first-order valence-corrected chi connectivity index (χ1v) is 6.11. The quantitative estimate of drug-likeness (QED) is 0.899. The molecule has 5 nitrogen and oxygen atoms in total. The minimum absolute atomic E-state index is 0.0247. The summed E-state index contributed by atoms with van der Waals surface area (Å²) < 4.78 is 10.7. The van der Waals surface area contributed by atoms with Gasteiger partial charge in [-0.25, -0.2) is 0 Å². The van der Waals surface area contributed by atoms with E-state index in [-0.39, 0.29) is 18.1 Å². The lowest BCUT2D eigenvalue weighted by atomic mass is 10.1. The van der Waals surface area contributed by atoms with E-state index in [2.05, 4.69) is 10.3 Å². The number of aromatic nitrogens is 1. The van der Waals surface area contributed by atoms with Crippen LogP contribution in [0.3, 0.4) is 0 Å². The number of methoxy groups -OCH3 is 1. The normalized spacial score (nSPS) is 23.7. The van der Waals surface area contributed by atoms with Gasteiger partial charge in [-0.15, -0.1) is 0 Å². The largest absolute Gasteiger partial charge is 0.379 e. The molecule has 0 spiro atoms. The van der Waals surface area contributed by atoms with Crippen molar-refractivity contribution in [1.82, 2.24) is 10.3 Å². The molecule has 0 aromatic carbocycles. The highest BCUT2D eigenvalue weighted by atomic mass is 35.5. The molecule has 0 aliphatic carbocycles. The number of ether oxygens (including phenoxy) is 2. The predicted molar refractivity (Wildman–Crippen MR) is 66.7 cm³/mol. The molecule has 1 N–H and O–H groups in total. The first-order valence-electron chi connectivity index (χ1n) is 5.73. The van der Waals surface area contributed by atoms with Gasteiger partial charge in [-0.1, -0.05) is 11.6 Å². The molecule has 1 aliphatic heterocycles. The fourth-order valence-electron chi connectivity index (χ4n) is 1.94. The third kappa shape index (κ3) is 2.98. The molecule has 1 aromatic rings. The van der Waals surface area contributed by atoms with E-state index in [4.69, 9.17) is 21.1 Å². The van der Waals surface area contributed by atoms with Crippen LogP contribution in [0.25, 0.3) is 0 Å². The molecule has 0 bridgehead atoms. The summed E-state index contributed by atoms with van der Waals surface area (Å²) in [5.41, 5.74) is 0.409. The molecule has 18 heavy (non-hydrogen) atoms. The molecule has 0 saturated carbocycles. The standard InChI is InChI=1S/C12H15ClN2O3/c1-17-11-3-5-18-7-10(11)15-12(16)8-2-4-14-6-9(8)13/h2,4,6,10-11H,3,5,7H2,1H3,(H,15,16)/t10-,11-/m1/s1. The van der Waals surface area contributed by atoms with Crippen LogP contribution in [-0.4, -0.2) is 43.4 Å². The molecule has 1 aliphatic rings. The summed E-state index contributed by atoms with van der Waals surface area (Å²) in [6.45, 7) is 1.10. The first-order chi connectivity index (χ1) is 8.72. The Morgan fingerprint density at radius 2 is 2.50 bits per heavy atom. The summed E-state index contributed by atoms with van der Waals surface area (Å²) in [5, 5.41) is 3.21. The number of halogens is 1. The van der Waals surface area contributed by atoms with E-state index in [0.29, 0.717) is 23.8 Å². The molecule has 1 saturated heterocycles. The van der Waals surface area contributed by atoms with Crippen molar-refractivity contribution >= 4 is 17.5 Å². The van der Waals surface area contributed by atoms with Gasteiger partial charge in [0.15, 0.2) is 0 Å². The van der Waals surface area contributed by atoms with Crippen molar-refractivity contribution in [3.63, 3.8) is 0 Å². The molecule has 0 radical (unpaired) electrons. The second kappa shape index (κ2) is 6.13. The zero-order chi connectivity index (χ0) is 13.0. The van der Waals surface area contributed by atoms with Gasteiger partial charge in [0.1, 0.15) is 0 Å². The summed E-state index contributed by atoms with van der Waals surface area (Å²) >= 11 is 5.92. The minimum Gasteiger partial charge on any atom is -0.379 e. The van der Waals surface area contributed by atoms with Crippen molar-refractivity contribution in [2.45, 2.75) is 18.6 Å². The summed E-state index contributed by atoms with van der Waals surface area (Å²) in [6, 6.07) is 1.43. The molecule has 2 atom stereocenters. The van der Waals surface area contributed by atoms with Gasteiger partial charge < -0.3 is 14.8 Å². The van der Waals surface area contributed by atoms with Crippen LogP contribution in [0, 0.1) is 0 Å². The van der Waals surface area contributed by atoms with Crippen LogP contribution in [0.4, 0.5) is 0 Å². The topological polar surface area (TPSA) is 60.5 Å². The van der Waals surface area contributed by atoms with E-state index in [0.717, 1.165) is 6.42 Å². The molecule has 0 unspecified atom stereocenters. The number of nitrogens with one attached hydrogen (secondary N) is 1. The van der Waals surface area contributed by atoms with Gasteiger partial charge in [0, 0.05) is 26.1 Å². The van der Waals surface area contributed by atoms with Crippen LogP contribution in [0.15, 0.2) is 18.5 Å². The Morgan fingerprint density at radius 1 is 1.67 bits per heavy atom. The van der Waals surface area contributed by atoms with Crippen LogP contribution in [-0.2, 0) is 9.47 Å². The van der Waals surface area contributed by atoms with Gasteiger partial charge in [-0.05, 0) is 12.5 Å². The zero-order valence-corrected chi connectivity index (χ0v) is 10.8. The third-order valence-corrected chi connectivity index (χ3v) is 3.23. The summed E-state index contributed by atoms with van der Waals surface area (Å²) in [4.78, 5) is 15.9. The number of carbonyl (C=O) groups excluding carboxylic acids is 1. The molecule has 98 valence electrons. The summed E-state index contributed by atoms with van der Waals surface area (Å²) in [5.74, 6) is -0.236. The van der Waals surface area contributed by atoms with E-state index in [1.807, 2.05) is 0 Å². The van der Waals surface area contributed by atoms with Crippen LogP contribution < -0.4 is 5.32 Å². The second-order valence-corrected chi connectivity index (χ2v) is 4.48. The number of hydrogen-bond acceptors (Lipinski definition) is 4. The first kappa shape index (κ1) is 13.3. The van der Waals surface area contributed by atoms with Crippen LogP contribution in [0.2, 0.25) is 5.02 Å². The highest BCUT2D eigenvalue weighted by molar-refractivity contribution is 6.33. The van der Waals surface area contributed by atoms with E-state index in [1.54, 1.807) is 13.2 Å². The van der Waals surface area contributed by atoms with E-state index < -0.39 is 0 Å². The Kier molecular flexibility index (Phi) is 4.52. The average molecular weight is 271 g/mol. The number of amides is 1. The highest BCUT2D eigenvalue weighted by Gasteiger charge is 2.27. The maximum Gasteiger partial charge on any atom is 0.253 e. The maximum atomic E-state index is 12.1. The zero-order valence-electron chi connectivity index (χ0n) is 10.1. The third-order valence-electron chi connectivity index (χ3n) is 2.93. The molecule has 2 rings (SSSR count). The van der Waals surface area contributed by atoms with Gasteiger partial charge in [0.05, 0.1) is 29.3 Å². The highest BCUT2D eigenvalue weighted by Crippen LogP contribution is 2.15. The number of pyridine rings is 1. The summed E-state index contributed by atoms with van der Waals surface area (Å²) in [6.07, 6.45) is 3.72. The maximum absolute atomic E-state index is 12.1. The molecule has 2 heterocycles. The SMILES string of the molecule is CO[C@@H]1CCOC[C@H]1NC(=O)c1ccncc1Cl. The lowest BCUT2D eigenvalue weighted by Crippen LogP contribution is -2.50. The van der Waals surface area contributed by atoms with E-state index in [9.17, 15) is 4.79 Å². The Bertz CT molecular complexity index is 428. The van der Waals surface area contributed by atoms with Crippen molar-refractivity contribution in [1.29, 1.82) is 0 Å². The summed E-state index contributed by atoms with van der Waals surface area (Å²) in [7, 11) is 1.63. The molecule has 1 fully saturated rings. The molecule has 1 amide bonds.